The van der Waals surface area contributed by atoms with Gasteiger partial charge < -0.3 is 5.11 Å². The molecule has 0 unspecified atom stereocenters. The molecule has 0 radical (unpaired) electrons. The standard InChI is InChI=1S/C12H16BrNO4S2/c1-19-7-3-2-6-14-20(17,18)11-5-4-9(12(15)16)8-10(11)13/h4-5,8,14H,2-3,6-7H2,1H3,(H,15,16). The molecule has 0 fully saturated rings. The number of unbranched alkanes of at least 4 members (excludes halogenated alkanes) is 1. The second kappa shape index (κ2) is 8.02. The van der Waals surface area contributed by atoms with Gasteiger partial charge in [-0.2, -0.15) is 11.8 Å². The number of aromatic carboxylic acids is 1. The van der Waals surface area contributed by atoms with Gasteiger partial charge in [-0.25, -0.2) is 17.9 Å². The first-order valence-corrected chi connectivity index (χ1v) is 9.57. The Morgan fingerprint density at radius 3 is 2.65 bits per heavy atom. The van der Waals surface area contributed by atoms with Crippen LogP contribution in [0.25, 0.3) is 0 Å². The largest absolute Gasteiger partial charge is 0.478 e. The number of carboxylic acids is 1. The Labute approximate surface area is 131 Å². The highest BCUT2D eigenvalue weighted by molar-refractivity contribution is 9.10. The number of carbonyl (C=O) groups is 1. The number of thioether (sulfide) groups is 1. The van der Waals surface area contributed by atoms with E-state index in [4.69, 9.17) is 5.11 Å². The maximum Gasteiger partial charge on any atom is 0.335 e. The summed E-state index contributed by atoms with van der Waals surface area (Å²) in [5, 5.41) is 8.84. The zero-order valence-electron chi connectivity index (χ0n) is 10.9. The fraction of sp³-hybridized carbons (Fsp3) is 0.417. The first-order valence-electron chi connectivity index (χ1n) is 5.90. The minimum absolute atomic E-state index is 0.0378. The predicted octanol–water partition coefficient (Wildman–Crippen LogP) is 2.57. The highest BCUT2D eigenvalue weighted by Crippen LogP contribution is 2.23. The number of sulfonamides is 1. The van der Waals surface area contributed by atoms with Crippen molar-refractivity contribution in [1.29, 1.82) is 0 Å². The molecule has 2 N–H and O–H groups in total. The van der Waals surface area contributed by atoms with Crippen LogP contribution in [0, 0.1) is 0 Å². The molecular weight excluding hydrogens is 366 g/mol. The molecule has 112 valence electrons. The summed E-state index contributed by atoms with van der Waals surface area (Å²) in [6, 6.07) is 3.85. The van der Waals surface area contributed by atoms with Gasteiger partial charge in [0.2, 0.25) is 10.0 Å². The van der Waals surface area contributed by atoms with Crippen molar-refractivity contribution in [3.8, 4) is 0 Å². The van der Waals surface area contributed by atoms with Crippen LogP contribution in [0.3, 0.4) is 0 Å². The SMILES string of the molecule is CSCCCCNS(=O)(=O)c1ccc(C(=O)O)cc1Br. The van der Waals surface area contributed by atoms with E-state index in [2.05, 4.69) is 20.7 Å². The normalized spacial score (nSPS) is 11.5. The van der Waals surface area contributed by atoms with Crippen LogP contribution >= 0.6 is 27.7 Å². The molecule has 0 aliphatic rings. The second-order valence-electron chi connectivity index (χ2n) is 4.05. The number of hydrogen-bond acceptors (Lipinski definition) is 4. The van der Waals surface area contributed by atoms with Gasteiger partial charge in [-0.1, -0.05) is 0 Å². The van der Waals surface area contributed by atoms with Crippen molar-refractivity contribution in [1.82, 2.24) is 4.72 Å². The maximum atomic E-state index is 12.1. The van der Waals surface area contributed by atoms with E-state index in [-0.39, 0.29) is 14.9 Å². The summed E-state index contributed by atoms with van der Waals surface area (Å²) in [6.07, 6.45) is 3.72. The average molecular weight is 382 g/mol. The molecule has 0 aliphatic carbocycles. The molecular formula is C12H16BrNO4S2. The fourth-order valence-electron chi connectivity index (χ4n) is 1.51. The van der Waals surface area contributed by atoms with E-state index < -0.39 is 16.0 Å². The van der Waals surface area contributed by atoms with E-state index in [0.29, 0.717) is 6.54 Å². The summed E-state index contributed by atoms with van der Waals surface area (Å²) in [5.41, 5.74) is 0.0378. The van der Waals surface area contributed by atoms with E-state index in [0.717, 1.165) is 18.6 Å². The van der Waals surface area contributed by atoms with Crippen LogP contribution < -0.4 is 4.72 Å². The molecule has 20 heavy (non-hydrogen) atoms. The van der Waals surface area contributed by atoms with Crippen molar-refractivity contribution in [3.63, 3.8) is 0 Å². The summed E-state index contributed by atoms with van der Waals surface area (Å²) in [4.78, 5) is 10.8. The van der Waals surface area contributed by atoms with Gasteiger partial charge >= 0.3 is 5.97 Å². The van der Waals surface area contributed by atoms with Crippen molar-refractivity contribution in [2.75, 3.05) is 18.6 Å². The smallest absolute Gasteiger partial charge is 0.335 e. The van der Waals surface area contributed by atoms with Gasteiger partial charge in [-0.3, -0.25) is 0 Å². The third-order valence-corrected chi connectivity index (χ3v) is 5.67. The Kier molecular flexibility index (Phi) is 7.01. The quantitative estimate of drug-likeness (QED) is 0.676. The Bertz CT molecular complexity index is 575. The molecule has 0 heterocycles. The lowest BCUT2D eigenvalue weighted by Crippen LogP contribution is -2.25. The van der Waals surface area contributed by atoms with Crippen LogP contribution in [0.2, 0.25) is 0 Å². The van der Waals surface area contributed by atoms with E-state index in [1.165, 1.54) is 18.2 Å². The molecule has 8 heteroatoms. The van der Waals surface area contributed by atoms with E-state index in [9.17, 15) is 13.2 Å². The van der Waals surface area contributed by atoms with Crippen molar-refractivity contribution >= 4 is 43.7 Å². The first kappa shape index (κ1) is 17.5. The van der Waals surface area contributed by atoms with Crippen molar-refractivity contribution in [3.05, 3.63) is 28.2 Å². The summed E-state index contributed by atoms with van der Waals surface area (Å²) in [7, 11) is -3.62. The third kappa shape index (κ3) is 5.08. The van der Waals surface area contributed by atoms with E-state index >= 15 is 0 Å². The van der Waals surface area contributed by atoms with Gasteiger partial charge in [0.25, 0.3) is 0 Å². The van der Waals surface area contributed by atoms with Gasteiger partial charge in [-0.05, 0) is 59.0 Å². The fourth-order valence-corrected chi connectivity index (χ4v) is 4.15. The molecule has 0 aliphatic heterocycles. The summed E-state index contributed by atoms with van der Waals surface area (Å²) in [5.74, 6) is -0.0988. The van der Waals surface area contributed by atoms with E-state index in [1.54, 1.807) is 11.8 Å². The molecule has 0 bridgehead atoms. The molecule has 0 aromatic heterocycles. The molecule has 5 nitrogen and oxygen atoms in total. The second-order valence-corrected chi connectivity index (χ2v) is 7.62. The summed E-state index contributed by atoms with van der Waals surface area (Å²) < 4.78 is 26.9. The maximum absolute atomic E-state index is 12.1. The van der Waals surface area contributed by atoms with E-state index in [1.807, 2.05) is 6.26 Å². The van der Waals surface area contributed by atoms with Gasteiger partial charge in [0, 0.05) is 11.0 Å². The van der Waals surface area contributed by atoms with Crippen LogP contribution in [-0.4, -0.2) is 38.0 Å². The Balaban J connectivity index is 2.75. The summed E-state index contributed by atoms with van der Waals surface area (Å²) in [6.45, 7) is 0.371. The average Bonchev–Trinajstić information content (AvgIpc) is 2.37. The van der Waals surface area contributed by atoms with Crippen LogP contribution in [0.1, 0.15) is 23.2 Å². The van der Waals surface area contributed by atoms with Gasteiger partial charge in [0.15, 0.2) is 0 Å². The minimum Gasteiger partial charge on any atom is -0.478 e. The van der Waals surface area contributed by atoms with Gasteiger partial charge in [0.1, 0.15) is 0 Å². The van der Waals surface area contributed by atoms with Crippen molar-refractivity contribution in [2.45, 2.75) is 17.7 Å². The van der Waals surface area contributed by atoms with Gasteiger partial charge in [-0.15, -0.1) is 0 Å². The van der Waals surface area contributed by atoms with Crippen LogP contribution in [0.5, 0.6) is 0 Å². The number of halogens is 1. The lowest BCUT2D eigenvalue weighted by Gasteiger charge is -2.09. The zero-order valence-corrected chi connectivity index (χ0v) is 14.1. The van der Waals surface area contributed by atoms with Gasteiger partial charge in [0.05, 0.1) is 10.5 Å². The highest BCUT2D eigenvalue weighted by atomic mass is 79.9. The van der Waals surface area contributed by atoms with Crippen LogP contribution in [0.15, 0.2) is 27.6 Å². The molecule has 1 aromatic carbocycles. The molecule has 0 saturated heterocycles. The Morgan fingerprint density at radius 2 is 2.10 bits per heavy atom. The Hall–Kier alpha value is -0.570. The number of rotatable bonds is 8. The van der Waals surface area contributed by atoms with Crippen molar-refractivity contribution in [2.24, 2.45) is 0 Å². The lowest BCUT2D eigenvalue weighted by atomic mass is 10.2. The topological polar surface area (TPSA) is 83.5 Å². The highest BCUT2D eigenvalue weighted by Gasteiger charge is 2.18. The third-order valence-electron chi connectivity index (χ3n) is 2.54. The monoisotopic (exact) mass is 381 g/mol. The predicted molar refractivity (Wildman–Crippen MR) is 83.9 cm³/mol. The number of benzene rings is 1. The minimum atomic E-state index is -3.62. The molecule has 1 rings (SSSR count). The summed E-state index contributed by atoms with van der Waals surface area (Å²) >= 11 is 4.82. The number of hydrogen-bond donors (Lipinski definition) is 2. The molecule has 1 aromatic rings. The molecule has 0 amide bonds. The Morgan fingerprint density at radius 1 is 1.40 bits per heavy atom. The lowest BCUT2D eigenvalue weighted by molar-refractivity contribution is 0.0696. The molecule has 0 atom stereocenters. The molecule has 0 spiro atoms. The molecule has 0 saturated carbocycles. The van der Waals surface area contributed by atoms with Crippen LogP contribution in [-0.2, 0) is 10.0 Å². The number of nitrogens with one attached hydrogen (secondary N) is 1. The zero-order chi connectivity index (χ0) is 15.2. The number of carboxylic acid groups (broad SMARTS) is 1. The first-order chi connectivity index (χ1) is 9.38. The van der Waals surface area contributed by atoms with Crippen LogP contribution in [0.4, 0.5) is 0 Å². The van der Waals surface area contributed by atoms with Crippen molar-refractivity contribution < 1.29 is 18.3 Å².